The summed E-state index contributed by atoms with van der Waals surface area (Å²) in [4.78, 5) is 14.5. The smallest absolute Gasteiger partial charge is 0.282 e. The fourth-order valence-electron chi connectivity index (χ4n) is 3.58. The Hall–Kier alpha value is -2.49. The average Bonchev–Trinajstić information content (AvgIpc) is 2.96. The molecule has 4 rings (SSSR count). The van der Waals surface area contributed by atoms with Gasteiger partial charge in [-0.3, -0.25) is 4.79 Å². The van der Waals surface area contributed by atoms with E-state index < -0.39 is 16.0 Å². The number of hydrogen-bond donors (Lipinski definition) is 0. The quantitative estimate of drug-likeness (QED) is 0.759. The summed E-state index contributed by atoms with van der Waals surface area (Å²) in [5.74, 6) is -0.144. The second-order valence-corrected chi connectivity index (χ2v) is 9.06. The maximum Gasteiger partial charge on any atom is 0.282 e. The van der Waals surface area contributed by atoms with Crippen molar-refractivity contribution >= 4 is 21.8 Å². The second kappa shape index (κ2) is 7.74. The Kier molecular flexibility index (Phi) is 5.28. The molecule has 2 aromatic carbocycles. The number of ether oxygens (including phenoxy) is 1. The van der Waals surface area contributed by atoms with Gasteiger partial charge in [0.15, 0.2) is 0 Å². The van der Waals surface area contributed by atoms with Crippen LogP contribution in [-0.2, 0) is 21.5 Å². The van der Waals surface area contributed by atoms with Crippen molar-refractivity contribution in [1.29, 1.82) is 0 Å². The minimum absolute atomic E-state index is 0.0563. The molecule has 2 aromatic rings. The number of fused-ring (bicyclic) bond motifs is 1. The second-order valence-electron chi connectivity index (χ2n) is 7.13. The normalized spacial score (nSPS) is 19.0. The molecular formula is C20H22FN3O4S. The van der Waals surface area contributed by atoms with E-state index in [0.717, 1.165) is 9.87 Å². The predicted molar refractivity (Wildman–Crippen MR) is 106 cm³/mol. The maximum absolute atomic E-state index is 13.9. The minimum Gasteiger partial charge on any atom is -0.490 e. The van der Waals surface area contributed by atoms with Crippen LogP contribution >= 0.6 is 0 Å². The summed E-state index contributed by atoms with van der Waals surface area (Å²) >= 11 is 0. The Morgan fingerprint density at radius 2 is 1.86 bits per heavy atom. The molecule has 1 amide bonds. The number of halogens is 1. The molecule has 154 valence electrons. The summed E-state index contributed by atoms with van der Waals surface area (Å²) in [6, 6.07) is 11.7. The number of rotatable bonds is 4. The number of carbonyl (C=O) groups excluding carboxylic acids is 1. The lowest BCUT2D eigenvalue weighted by atomic mass is 10.1. The third-order valence-electron chi connectivity index (χ3n) is 5.15. The van der Waals surface area contributed by atoms with E-state index in [2.05, 4.69) is 0 Å². The van der Waals surface area contributed by atoms with E-state index in [9.17, 15) is 17.6 Å². The molecule has 0 radical (unpaired) electrons. The molecule has 0 aromatic heterocycles. The van der Waals surface area contributed by atoms with E-state index in [1.165, 1.54) is 10.4 Å². The zero-order chi connectivity index (χ0) is 20.6. The molecule has 2 aliphatic heterocycles. The monoisotopic (exact) mass is 419 g/mol. The van der Waals surface area contributed by atoms with Gasteiger partial charge in [0.05, 0.1) is 18.8 Å². The van der Waals surface area contributed by atoms with Crippen molar-refractivity contribution in [3.63, 3.8) is 0 Å². The summed E-state index contributed by atoms with van der Waals surface area (Å²) < 4.78 is 47.6. The van der Waals surface area contributed by atoms with Gasteiger partial charge in [0.2, 0.25) is 5.91 Å². The van der Waals surface area contributed by atoms with E-state index in [1.54, 1.807) is 23.1 Å². The lowest BCUT2D eigenvalue weighted by molar-refractivity contribution is -0.119. The van der Waals surface area contributed by atoms with Crippen LogP contribution in [0.15, 0.2) is 42.5 Å². The van der Waals surface area contributed by atoms with E-state index in [-0.39, 0.29) is 32.1 Å². The molecule has 0 bridgehead atoms. The van der Waals surface area contributed by atoms with Gasteiger partial charge < -0.3 is 9.64 Å². The Labute approximate surface area is 169 Å². The zero-order valence-corrected chi connectivity index (χ0v) is 16.9. The van der Waals surface area contributed by atoms with Gasteiger partial charge in [0.25, 0.3) is 10.2 Å². The molecule has 9 heteroatoms. The first kappa shape index (κ1) is 19.8. The highest BCUT2D eigenvalue weighted by Crippen LogP contribution is 2.33. The highest BCUT2D eigenvalue weighted by Gasteiger charge is 2.39. The van der Waals surface area contributed by atoms with Crippen LogP contribution in [0.4, 0.5) is 10.1 Å². The summed E-state index contributed by atoms with van der Waals surface area (Å²) in [6.45, 7) is 2.72. The van der Waals surface area contributed by atoms with E-state index in [4.69, 9.17) is 4.74 Å². The highest BCUT2D eigenvalue weighted by atomic mass is 32.2. The third-order valence-corrected chi connectivity index (χ3v) is 7.07. The van der Waals surface area contributed by atoms with Crippen molar-refractivity contribution in [2.75, 3.05) is 37.7 Å². The van der Waals surface area contributed by atoms with Crippen LogP contribution in [0.2, 0.25) is 0 Å². The molecule has 0 saturated carbocycles. The molecule has 0 atom stereocenters. The van der Waals surface area contributed by atoms with Crippen LogP contribution < -0.4 is 9.64 Å². The molecular weight excluding hydrogens is 397 g/mol. The van der Waals surface area contributed by atoms with Crippen molar-refractivity contribution in [2.24, 2.45) is 0 Å². The molecule has 0 aliphatic carbocycles. The number of benzene rings is 2. The first-order chi connectivity index (χ1) is 13.9. The zero-order valence-electron chi connectivity index (χ0n) is 16.0. The van der Waals surface area contributed by atoms with Gasteiger partial charge in [0, 0.05) is 25.2 Å². The number of anilines is 1. The predicted octanol–water partition coefficient (Wildman–Crippen LogP) is 1.92. The van der Waals surface area contributed by atoms with Crippen molar-refractivity contribution < 1.29 is 22.3 Å². The first-order valence-electron chi connectivity index (χ1n) is 9.39. The molecule has 1 saturated heterocycles. The Morgan fingerprint density at radius 1 is 1.10 bits per heavy atom. The van der Waals surface area contributed by atoms with Gasteiger partial charge >= 0.3 is 0 Å². The Morgan fingerprint density at radius 3 is 2.66 bits per heavy atom. The largest absolute Gasteiger partial charge is 0.490 e. The van der Waals surface area contributed by atoms with Crippen LogP contribution in [0, 0.1) is 12.7 Å². The summed E-state index contributed by atoms with van der Waals surface area (Å²) in [5.41, 5.74) is 1.94. The van der Waals surface area contributed by atoms with Crippen LogP contribution in [-0.4, -0.2) is 55.7 Å². The van der Waals surface area contributed by atoms with Crippen molar-refractivity contribution in [1.82, 2.24) is 8.61 Å². The topological polar surface area (TPSA) is 70.2 Å². The lowest BCUT2D eigenvalue weighted by Crippen LogP contribution is -2.45. The molecule has 2 aliphatic rings. The van der Waals surface area contributed by atoms with Gasteiger partial charge in [-0.2, -0.15) is 17.0 Å². The fourth-order valence-corrected chi connectivity index (χ4v) is 5.11. The van der Waals surface area contributed by atoms with Crippen molar-refractivity contribution in [2.45, 2.75) is 13.5 Å². The summed E-state index contributed by atoms with van der Waals surface area (Å²) in [6.07, 6.45) is 0. The number of aryl methyl sites for hydroxylation is 1. The Bertz CT molecular complexity index is 1040. The summed E-state index contributed by atoms with van der Waals surface area (Å²) in [7, 11) is -3.84. The Balaban J connectivity index is 1.49. The van der Waals surface area contributed by atoms with Crippen LogP contribution in [0.3, 0.4) is 0 Å². The van der Waals surface area contributed by atoms with Crippen LogP contribution in [0.25, 0.3) is 0 Å². The fraction of sp³-hybridized carbons (Fsp3) is 0.350. The SMILES string of the molecule is Cc1ccc2c(c1)N(C(=O)CN1CCN(Cc3ccccc3F)S1(=O)=O)CCO2. The van der Waals surface area contributed by atoms with Crippen molar-refractivity contribution in [3.05, 3.63) is 59.4 Å². The standard InChI is InChI=1S/C20H22FN3O4S/c1-15-6-7-19-18(12-15)24(10-11-28-19)20(25)14-23-9-8-22(29(23,26)27)13-16-4-2-3-5-17(16)21/h2-7,12H,8-11,13-14H2,1H3. The van der Waals surface area contributed by atoms with Gasteiger partial charge in [0.1, 0.15) is 18.2 Å². The molecule has 2 heterocycles. The van der Waals surface area contributed by atoms with E-state index >= 15 is 0 Å². The van der Waals surface area contributed by atoms with E-state index in [0.29, 0.717) is 30.2 Å². The highest BCUT2D eigenvalue weighted by molar-refractivity contribution is 7.87. The van der Waals surface area contributed by atoms with E-state index in [1.807, 2.05) is 25.1 Å². The van der Waals surface area contributed by atoms with Gasteiger partial charge in [-0.05, 0) is 30.7 Å². The maximum atomic E-state index is 13.9. The average molecular weight is 419 g/mol. The number of amides is 1. The summed E-state index contributed by atoms with van der Waals surface area (Å²) in [5, 5.41) is 0. The van der Waals surface area contributed by atoms with Gasteiger partial charge in [-0.1, -0.05) is 24.3 Å². The molecule has 0 unspecified atom stereocenters. The molecule has 0 N–H and O–H groups in total. The van der Waals surface area contributed by atoms with Crippen LogP contribution in [0.1, 0.15) is 11.1 Å². The lowest BCUT2D eigenvalue weighted by Gasteiger charge is -2.31. The number of nitrogens with zero attached hydrogens (tertiary/aromatic N) is 3. The van der Waals surface area contributed by atoms with Gasteiger partial charge in [-0.15, -0.1) is 0 Å². The van der Waals surface area contributed by atoms with Gasteiger partial charge in [-0.25, -0.2) is 4.39 Å². The first-order valence-corrected chi connectivity index (χ1v) is 10.8. The molecule has 1 fully saturated rings. The minimum atomic E-state index is -3.84. The number of hydrogen-bond acceptors (Lipinski definition) is 4. The number of carbonyl (C=O) groups is 1. The third kappa shape index (κ3) is 3.85. The molecule has 29 heavy (non-hydrogen) atoms. The van der Waals surface area contributed by atoms with Crippen molar-refractivity contribution in [3.8, 4) is 5.75 Å². The van der Waals surface area contributed by atoms with Crippen LogP contribution in [0.5, 0.6) is 5.75 Å². The molecule has 0 spiro atoms. The molecule has 7 nitrogen and oxygen atoms in total.